The molecule has 8 heteroatoms. The summed E-state index contributed by atoms with van der Waals surface area (Å²) in [5, 5.41) is 5.42. The maximum atomic E-state index is 14.4. The van der Waals surface area contributed by atoms with Crippen LogP contribution in [-0.4, -0.2) is 38.5 Å². The summed E-state index contributed by atoms with van der Waals surface area (Å²) in [6.45, 7) is 6.29. The molecule has 7 nitrogen and oxygen atoms in total. The molecule has 2 rings (SSSR count). The summed E-state index contributed by atoms with van der Waals surface area (Å²) in [4.78, 5) is 24.4. The van der Waals surface area contributed by atoms with Crippen LogP contribution in [0.3, 0.4) is 0 Å². The lowest BCUT2D eigenvalue weighted by Gasteiger charge is -2.15. The van der Waals surface area contributed by atoms with E-state index in [-0.39, 0.29) is 13.1 Å². The molecule has 1 aromatic carbocycles. The average Bonchev–Trinajstić information content (AvgIpc) is 3.00. The second kappa shape index (κ2) is 9.07. The molecule has 0 aliphatic carbocycles. The zero-order valence-corrected chi connectivity index (χ0v) is 15.0. The van der Waals surface area contributed by atoms with Gasteiger partial charge in [-0.05, 0) is 31.0 Å². The highest BCUT2D eigenvalue weighted by Crippen LogP contribution is 2.27. The SMILES string of the molecule is C=C(CCCC)Nc1ccc(N2C[C@H](CNC(=O)OC)OC2=O)cc1F. The Bertz CT molecular complexity index is 680. The number of amides is 2. The molecule has 1 atom stereocenters. The summed E-state index contributed by atoms with van der Waals surface area (Å²) in [6, 6.07) is 4.47. The monoisotopic (exact) mass is 365 g/mol. The third-order valence-corrected chi connectivity index (χ3v) is 3.94. The first-order chi connectivity index (χ1) is 12.4. The molecular weight excluding hydrogens is 341 g/mol. The zero-order valence-electron chi connectivity index (χ0n) is 15.0. The van der Waals surface area contributed by atoms with Crippen molar-refractivity contribution in [2.45, 2.75) is 32.3 Å². The molecule has 2 amide bonds. The Morgan fingerprint density at radius 2 is 2.27 bits per heavy atom. The summed E-state index contributed by atoms with van der Waals surface area (Å²) in [5.74, 6) is -0.482. The molecule has 0 radical (unpaired) electrons. The number of carbonyl (C=O) groups excluding carboxylic acids is 2. The number of allylic oxidation sites excluding steroid dienone is 1. The van der Waals surface area contributed by atoms with Crippen LogP contribution in [0.5, 0.6) is 0 Å². The number of nitrogens with one attached hydrogen (secondary N) is 2. The molecular formula is C18H24FN3O4. The molecule has 1 heterocycles. The normalized spacial score (nSPS) is 16.2. The molecule has 1 aliphatic rings. The standard InChI is InChI=1S/C18H24FN3O4/c1-4-5-6-12(2)21-16-8-7-13(9-15(16)19)22-11-14(26-18(22)24)10-20-17(23)25-3/h7-9,14,21H,2,4-6,10-11H2,1,3H3,(H,20,23)/t14-/m0/s1. The lowest BCUT2D eigenvalue weighted by Crippen LogP contribution is -2.34. The van der Waals surface area contributed by atoms with Crippen LogP contribution in [0.4, 0.5) is 25.4 Å². The smallest absolute Gasteiger partial charge is 0.414 e. The number of ether oxygens (including phenoxy) is 2. The molecule has 26 heavy (non-hydrogen) atoms. The quantitative estimate of drug-likeness (QED) is 0.735. The van der Waals surface area contributed by atoms with Gasteiger partial charge in [-0.25, -0.2) is 14.0 Å². The van der Waals surface area contributed by atoms with Gasteiger partial charge in [-0.15, -0.1) is 0 Å². The largest absolute Gasteiger partial charge is 0.453 e. The van der Waals surface area contributed by atoms with Crippen molar-refractivity contribution >= 4 is 23.6 Å². The first-order valence-corrected chi connectivity index (χ1v) is 8.49. The van der Waals surface area contributed by atoms with Crippen molar-refractivity contribution < 1.29 is 23.5 Å². The van der Waals surface area contributed by atoms with Gasteiger partial charge in [0.1, 0.15) is 11.9 Å². The van der Waals surface area contributed by atoms with Crippen molar-refractivity contribution in [3.63, 3.8) is 0 Å². The molecule has 142 valence electrons. The van der Waals surface area contributed by atoms with E-state index >= 15 is 0 Å². The third-order valence-electron chi connectivity index (χ3n) is 3.94. The Morgan fingerprint density at radius 1 is 1.50 bits per heavy atom. The highest BCUT2D eigenvalue weighted by atomic mass is 19.1. The number of hydrogen-bond donors (Lipinski definition) is 2. The van der Waals surface area contributed by atoms with Crippen molar-refractivity contribution in [2.75, 3.05) is 30.4 Å². The second-order valence-electron chi connectivity index (χ2n) is 5.99. The zero-order chi connectivity index (χ0) is 19.1. The Balaban J connectivity index is 1.98. The van der Waals surface area contributed by atoms with Crippen LogP contribution < -0.4 is 15.5 Å². The predicted octanol–water partition coefficient (Wildman–Crippen LogP) is 3.62. The van der Waals surface area contributed by atoms with Crippen molar-refractivity contribution in [3.8, 4) is 0 Å². The van der Waals surface area contributed by atoms with E-state index in [1.54, 1.807) is 12.1 Å². The highest BCUT2D eigenvalue weighted by molar-refractivity contribution is 5.90. The number of cyclic esters (lactones) is 1. The van der Waals surface area contributed by atoms with E-state index in [0.29, 0.717) is 11.4 Å². The molecule has 1 aliphatic heterocycles. The minimum Gasteiger partial charge on any atom is -0.453 e. The van der Waals surface area contributed by atoms with Crippen LogP contribution >= 0.6 is 0 Å². The minimum absolute atomic E-state index is 0.119. The van der Waals surface area contributed by atoms with Gasteiger partial charge in [0.15, 0.2) is 0 Å². The number of unbranched alkanes of at least 4 members (excludes halogenated alkanes) is 1. The van der Waals surface area contributed by atoms with Gasteiger partial charge in [0.2, 0.25) is 0 Å². The number of rotatable bonds is 8. The molecule has 0 bridgehead atoms. The van der Waals surface area contributed by atoms with E-state index in [9.17, 15) is 14.0 Å². The van der Waals surface area contributed by atoms with Crippen molar-refractivity contribution in [2.24, 2.45) is 0 Å². The number of methoxy groups -OCH3 is 1. The Labute approximate surface area is 152 Å². The summed E-state index contributed by atoms with van der Waals surface area (Å²) < 4.78 is 24.0. The van der Waals surface area contributed by atoms with E-state index in [1.165, 1.54) is 18.1 Å². The van der Waals surface area contributed by atoms with Crippen molar-refractivity contribution in [1.82, 2.24) is 5.32 Å². The van der Waals surface area contributed by atoms with Crippen LogP contribution in [0.1, 0.15) is 26.2 Å². The molecule has 2 N–H and O–H groups in total. The van der Waals surface area contributed by atoms with E-state index in [2.05, 4.69) is 28.9 Å². The van der Waals surface area contributed by atoms with E-state index in [1.807, 2.05) is 0 Å². The number of carbonyl (C=O) groups is 2. The van der Waals surface area contributed by atoms with Gasteiger partial charge in [-0.3, -0.25) is 4.90 Å². The molecule has 1 saturated heterocycles. The second-order valence-corrected chi connectivity index (χ2v) is 5.99. The van der Waals surface area contributed by atoms with Gasteiger partial charge in [-0.2, -0.15) is 0 Å². The number of hydrogen-bond acceptors (Lipinski definition) is 5. The number of halogens is 1. The van der Waals surface area contributed by atoms with Gasteiger partial charge >= 0.3 is 12.2 Å². The Kier molecular flexibility index (Phi) is 6.82. The van der Waals surface area contributed by atoms with E-state index in [0.717, 1.165) is 25.0 Å². The summed E-state index contributed by atoms with van der Waals surface area (Å²) >= 11 is 0. The number of alkyl carbamates (subject to hydrolysis) is 1. The van der Waals surface area contributed by atoms with Crippen LogP contribution in [-0.2, 0) is 9.47 Å². The van der Waals surface area contributed by atoms with Crippen molar-refractivity contribution in [1.29, 1.82) is 0 Å². The van der Waals surface area contributed by atoms with Crippen LogP contribution in [0.2, 0.25) is 0 Å². The Morgan fingerprint density at radius 3 is 2.92 bits per heavy atom. The molecule has 0 spiro atoms. The topological polar surface area (TPSA) is 79.9 Å². The van der Waals surface area contributed by atoms with Gasteiger partial charge in [0.05, 0.1) is 31.6 Å². The summed E-state index contributed by atoms with van der Waals surface area (Å²) in [5.41, 5.74) is 1.44. The van der Waals surface area contributed by atoms with Gasteiger partial charge in [0, 0.05) is 5.70 Å². The van der Waals surface area contributed by atoms with Crippen LogP contribution in [0.15, 0.2) is 30.5 Å². The summed E-state index contributed by atoms with van der Waals surface area (Å²) in [6.07, 6.45) is 1.05. The van der Waals surface area contributed by atoms with Crippen molar-refractivity contribution in [3.05, 3.63) is 36.3 Å². The minimum atomic E-state index is -0.607. The maximum Gasteiger partial charge on any atom is 0.414 e. The number of benzene rings is 1. The van der Waals surface area contributed by atoms with Gasteiger partial charge < -0.3 is 20.1 Å². The first kappa shape index (κ1) is 19.6. The van der Waals surface area contributed by atoms with Crippen LogP contribution in [0.25, 0.3) is 0 Å². The molecule has 0 aromatic heterocycles. The predicted molar refractivity (Wildman–Crippen MR) is 96.7 cm³/mol. The fourth-order valence-corrected chi connectivity index (χ4v) is 2.52. The van der Waals surface area contributed by atoms with E-state index in [4.69, 9.17) is 4.74 Å². The van der Waals surface area contributed by atoms with Gasteiger partial charge in [0.25, 0.3) is 0 Å². The molecule has 1 aromatic rings. The average molecular weight is 365 g/mol. The fraction of sp³-hybridized carbons (Fsp3) is 0.444. The lowest BCUT2D eigenvalue weighted by molar-refractivity contribution is 0.132. The fourth-order valence-electron chi connectivity index (χ4n) is 2.52. The third kappa shape index (κ3) is 5.11. The lowest BCUT2D eigenvalue weighted by atomic mass is 10.2. The maximum absolute atomic E-state index is 14.4. The summed E-state index contributed by atoms with van der Waals surface area (Å²) in [7, 11) is 1.25. The van der Waals surface area contributed by atoms with Gasteiger partial charge in [-0.1, -0.05) is 19.9 Å². The highest BCUT2D eigenvalue weighted by Gasteiger charge is 2.33. The van der Waals surface area contributed by atoms with E-state index < -0.39 is 24.1 Å². The van der Waals surface area contributed by atoms with Crippen LogP contribution in [0, 0.1) is 5.82 Å². The number of nitrogens with zero attached hydrogens (tertiary/aromatic N) is 1. The molecule has 1 fully saturated rings. The number of anilines is 2. The molecule has 0 saturated carbocycles. The Hall–Kier alpha value is -2.77. The first-order valence-electron chi connectivity index (χ1n) is 8.49. The molecule has 0 unspecified atom stereocenters.